The molecule has 4 heteroatoms. The molecule has 0 rings (SSSR count). The number of carbonyl (C=O) groups is 1. The number of likely N-dealkylation sites (N-methyl/N-ethyl adjacent to an activating group) is 1. The SMILES string of the molecule is CCCCCN(C)CCC(NC)C(=O)OC. The molecule has 0 saturated carbocycles. The molecule has 0 fully saturated rings. The largest absolute Gasteiger partial charge is 0.468 e. The minimum atomic E-state index is -0.182. The number of hydrogen-bond donors (Lipinski definition) is 1. The van der Waals surface area contributed by atoms with Gasteiger partial charge in [0.25, 0.3) is 0 Å². The van der Waals surface area contributed by atoms with Crippen LogP contribution in [0.1, 0.15) is 32.6 Å². The smallest absolute Gasteiger partial charge is 0.322 e. The van der Waals surface area contributed by atoms with Crippen molar-refractivity contribution in [2.24, 2.45) is 0 Å². The molecule has 0 aromatic carbocycles. The molecule has 1 unspecified atom stereocenters. The molecule has 0 aliphatic heterocycles. The van der Waals surface area contributed by atoms with Crippen molar-refractivity contribution < 1.29 is 9.53 Å². The van der Waals surface area contributed by atoms with Crippen LogP contribution in [-0.4, -0.2) is 51.2 Å². The van der Waals surface area contributed by atoms with E-state index < -0.39 is 0 Å². The van der Waals surface area contributed by atoms with E-state index in [1.165, 1.54) is 26.4 Å². The van der Waals surface area contributed by atoms with Gasteiger partial charge in [-0.1, -0.05) is 19.8 Å². The Labute approximate surface area is 99.3 Å². The van der Waals surface area contributed by atoms with Crippen molar-refractivity contribution in [2.45, 2.75) is 38.6 Å². The summed E-state index contributed by atoms with van der Waals surface area (Å²) in [5.41, 5.74) is 0. The van der Waals surface area contributed by atoms with E-state index in [2.05, 4.69) is 24.2 Å². The highest BCUT2D eigenvalue weighted by Gasteiger charge is 2.16. The van der Waals surface area contributed by atoms with Crippen LogP contribution < -0.4 is 5.32 Å². The van der Waals surface area contributed by atoms with Crippen molar-refractivity contribution in [3.05, 3.63) is 0 Å². The van der Waals surface area contributed by atoms with Crippen LogP contribution in [0.4, 0.5) is 0 Å². The maximum absolute atomic E-state index is 11.3. The van der Waals surface area contributed by atoms with E-state index in [0.717, 1.165) is 19.5 Å². The molecule has 1 atom stereocenters. The van der Waals surface area contributed by atoms with Crippen molar-refractivity contribution in [3.63, 3.8) is 0 Å². The van der Waals surface area contributed by atoms with Crippen LogP contribution in [0.25, 0.3) is 0 Å². The Morgan fingerprint density at radius 1 is 1.38 bits per heavy atom. The van der Waals surface area contributed by atoms with Crippen LogP contribution >= 0.6 is 0 Å². The van der Waals surface area contributed by atoms with Gasteiger partial charge in [0.05, 0.1) is 7.11 Å². The third kappa shape index (κ3) is 6.80. The number of nitrogens with one attached hydrogen (secondary N) is 1. The highest BCUT2D eigenvalue weighted by Crippen LogP contribution is 2.00. The fourth-order valence-electron chi connectivity index (χ4n) is 1.62. The third-order valence-corrected chi connectivity index (χ3v) is 2.78. The van der Waals surface area contributed by atoms with Crippen molar-refractivity contribution >= 4 is 5.97 Å². The van der Waals surface area contributed by atoms with Crippen molar-refractivity contribution in [1.29, 1.82) is 0 Å². The zero-order valence-corrected chi connectivity index (χ0v) is 11.1. The first-order valence-corrected chi connectivity index (χ1v) is 6.09. The number of methoxy groups -OCH3 is 1. The van der Waals surface area contributed by atoms with Gasteiger partial charge in [-0.15, -0.1) is 0 Å². The van der Waals surface area contributed by atoms with Crippen LogP contribution in [0, 0.1) is 0 Å². The number of esters is 1. The predicted molar refractivity (Wildman–Crippen MR) is 66.5 cm³/mol. The molecular weight excluding hydrogens is 204 g/mol. The van der Waals surface area contributed by atoms with E-state index >= 15 is 0 Å². The molecule has 0 amide bonds. The first-order chi connectivity index (χ1) is 7.65. The van der Waals surface area contributed by atoms with Crippen molar-refractivity contribution in [2.75, 3.05) is 34.3 Å². The van der Waals surface area contributed by atoms with Crippen molar-refractivity contribution in [1.82, 2.24) is 10.2 Å². The summed E-state index contributed by atoms with van der Waals surface area (Å²) in [6, 6.07) is -0.182. The van der Waals surface area contributed by atoms with Gasteiger partial charge in [-0.3, -0.25) is 4.79 Å². The van der Waals surface area contributed by atoms with Gasteiger partial charge in [0.1, 0.15) is 6.04 Å². The van der Waals surface area contributed by atoms with E-state index in [1.807, 2.05) is 0 Å². The molecule has 96 valence electrons. The summed E-state index contributed by atoms with van der Waals surface area (Å²) >= 11 is 0. The van der Waals surface area contributed by atoms with Crippen molar-refractivity contribution in [3.8, 4) is 0 Å². The highest BCUT2D eigenvalue weighted by atomic mass is 16.5. The van der Waals surface area contributed by atoms with E-state index in [4.69, 9.17) is 4.74 Å². The lowest BCUT2D eigenvalue weighted by molar-refractivity contribution is -0.143. The molecule has 0 radical (unpaired) electrons. The molecule has 0 saturated heterocycles. The maximum Gasteiger partial charge on any atom is 0.322 e. The van der Waals surface area contributed by atoms with Crippen LogP contribution in [0.5, 0.6) is 0 Å². The van der Waals surface area contributed by atoms with Gasteiger partial charge in [0, 0.05) is 0 Å². The Hall–Kier alpha value is -0.610. The molecule has 0 spiro atoms. The van der Waals surface area contributed by atoms with Gasteiger partial charge in [0.15, 0.2) is 0 Å². The topological polar surface area (TPSA) is 41.6 Å². The number of ether oxygens (including phenoxy) is 1. The molecule has 0 aliphatic rings. The van der Waals surface area contributed by atoms with Crippen LogP contribution in [0.15, 0.2) is 0 Å². The lowest BCUT2D eigenvalue weighted by Gasteiger charge is -2.19. The monoisotopic (exact) mass is 230 g/mol. The molecule has 0 aromatic heterocycles. The predicted octanol–water partition coefficient (Wildman–Crippen LogP) is 1.26. The quantitative estimate of drug-likeness (QED) is 0.478. The first kappa shape index (κ1) is 15.4. The molecule has 1 N–H and O–H groups in total. The summed E-state index contributed by atoms with van der Waals surface area (Å²) in [4.78, 5) is 13.6. The second-order valence-corrected chi connectivity index (χ2v) is 4.16. The van der Waals surface area contributed by atoms with Gasteiger partial charge in [-0.25, -0.2) is 0 Å². The fourth-order valence-corrected chi connectivity index (χ4v) is 1.62. The van der Waals surface area contributed by atoms with Gasteiger partial charge in [-0.05, 0) is 40.0 Å². The van der Waals surface area contributed by atoms with Crippen LogP contribution in [0.3, 0.4) is 0 Å². The lowest BCUT2D eigenvalue weighted by Crippen LogP contribution is -2.38. The molecule has 0 aromatic rings. The second kappa shape index (κ2) is 9.60. The maximum atomic E-state index is 11.3. The molecule has 0 aliphatic carbocycles. The number of hydrogen-bond acceptors (Lipinski definition) is 4. The van der Waals surface area contributed by atoms with E-state index in [1.54, 1.807) is 7.05 Å². The lowest BCUT2D eigenvalue weighted by atomic mass is 10.2. The Morgan fingerprint density at radius 2 is 2.06 bits per heavy atom. The Bertz CT molecular complexity index is 186. The Kier molecular flexibility index (Phi) is 9.24. The Balaban J connectivity index is 3.70. The summed E-state index contributed by atoms with van der Waals surface area (Å²) in [5.74, 6) is -0.176. The molecule has 16 heavy (non-hydrogen) atoms. The molecule has 4 nitrogen and oxygen atoms in total. The number of rotatable bonds is 9. The summed E-state index contributed by atoms with van der Waals surface area (Å²) in [5, 5.41) is 2.97. The van der Waals surface area contributed by atoms with Gasteiger partial charge in [0.2, 0.25) is 0 Å². The number of nitrogens with zero attached hydrogens (tertiary/aromatic N) is 1. The van der Waals surface area contributed by atoms with E-state index in [9.17, 15) is 4.79 Å². The van der Waals surface area contributed by atoms with Gasteiger partial charge in [-0.2, -0.15) is 0 Å². The minimum absolute atomic E-state index is 0.176. The second-order valence-electron chi connectivity index (χ2n) is 4.16. The summed E-state index contributed by atoms with van der Waals surface area (Å²) < 4.78 is 4.71. The molecule has 0 heterocycles. The van der Waals surface area contributed by atoms with Crippen LogP contribution in [0.2, 0.25) is 0 Å². The highest BCUT2D eigenvalue weighted by molar-refractivity contribution is 5.75. The van der Waals surface area contributed by atoms with Gasteiger partial charge < -0.3 is 15.0 Å². The Morgan fingerprint density at radius 3 is 2.56 bits per heavy atom. The normalized spacial score (nSPS) is 12.8. The minimum Gasteiger partial charge on any atom is -0.468 e. The number of carbonyl (C=O) groups excluding carboxylic acids is 1. The fraction of sp³-hybridized carbons (Fsp3) is 0.917. The standard InChI is InChI=1S/C12H26N2O2/c1-5-6-7-9-14(3)10-8-11(13-2)12(15)16-4/h11,13H,5-10H2,1-4H3. The summed E-state index contributed by atoms with van der Waals surface area (Å²) in [6.07, 6.45) is 4.55. The number of unbranched alkanes of at least 4 members (excludes halogenated alkanes) is 2. The summed E-state index contributed by atoms with van der Waals surface area (Å²) in [7, 11) is 5.32. The molecule has 0 bridgehead atoms. The van der Waals surface area contributed by atoms with E-state index in [-0.39, 0.29) is 12.0 Å². The third-order valence-electron chi connectivity index (χ3n) is 2.78. The zero-order valence-electron chi connectivity index (χ0n) is 11.1. The average molecular weight is 230 g/mol. The molecular formula is C12H26N2O2. The summed E-state index contributed by atoms with van der Waals surface area (Å²) in [6.45, 7) is 4.23. The van der Waals surface area contributed by atoms with Crippen LogP contribution in [-0.2, 0) is 9.53 Å². The average Bonchev–Trinajstić information content (AvgIpc) is 2.29. The zero-order chi connectivity index (χ0) is 12.4. The van der Waals surface area contributed by atoms with E-state index in [0.29, 0.717) is 0 Å². The van der Waals surface area contributed by atoms with Gasteiger partial charge >= 0.3 is 5.97 Å². The first-order valence-electron chi connectivity index (χ1n) is 6.09.